The van der Waals surface area contributed by atoms with Crippen molar-refractivity contribution in [3.05, 3.63) is 73.1 Å². The van der Waals surface area contributed by atoms with Crippen LogP contribution < -0.4 is 9.80 Å². The zero-order valence-electron chi connectivity index (χ0n) is 18.4. The molecule has 5 nitrogen and oxygen atoms in total. The van der Waals surface area contributed by atoms with E-state index in [-0.39, 0.29) is 0 Å². The predicted octanol–water partition coefficient (Wildman–Crippen LogP) is 4.92. The van der Waals surface area contributed by atoms with Gasteiger partial charge in [0.1, 0.15) is 0 Å². The number of pyridine rings is 2. The van der Waals surface area contributed by atoms with Crippen LogP contribution in [0.25, 0.3) is 21.8 Å². The largest absolute Gasteiger partial charge is 0.367 e. The summed E-state index contributed by atoms with van der Waals surface area (Å²) in [4.78, 5) is 17.2. The molecule has 162 valence electrons. The van der Waals surface area contributed by atoms with Crippen molar-refractivity contribution in [1.82, 2.24) is 14.9 Å². The molecular weight excluding hydrogens is 394 g/mol. The number of aromatic nitrogens is 2. The number of hydrogen-bond donors (Lipinski definition) is 0. The second kappa shape index (κ2) is 8.40. The van der Waals surface area contributed by atoms with Gasteiger partial charge in [-0.2, -0.15) is 0 Å². The first kappa shape index (κ1) is 19.5. The number of nitrogens with zero attached hydrogens (tertiary/aromatic N) is 5. The van der Waals surface area contributed by atoms with Gasteiger partial charge in [0.15, 0.2) is 0 Å². The number of piperazine rings is 1. The van der Waals surface area contributed by atoms with E-state index in [2.05, 4.69) is 68.2 Å². The standard InChI is InChI=1S/C27H29N5/c1-2-16-32(24-12-4-8-22-10-6-15-29-27(22)24)25(13-1)31-19-17-30(18-20-31)23-11-3-7-21-9-5-14-28-26(21)23/h3-12,14-15,25H,1-2,13,16-20H2. The topological polar surface area (TPSA) is 35.5 Å². The van der Waals surface area contributed by atoms with Gasteiger partial charge >= 0.3 is 0 Å². The maximum atomic E-state index is 4.74. The summed E-state index contributed by atoms with van der Waals surface area (Å²) in [6.07, 6.45) is 8.04. The molecule has 0 spiro atoms. The van der Waals surface area contributed by atoms with Gasteiger partial charge in [0.25, 0.3) is 0 Å². The summed E-state index contributed by atoms with van der Waals surface area (Å²) in [5.41, 5.74) is 4.79. The third-order valence-electron chi connectivity index (χ3n) is 7.08. The van der Waals surface area contributed by atoms with Gasteiger partial charge in [-0.05, 0) is 43.5 Å². The lowest BCUT2D eigenvalue weighted by atomic mass is 10.0. The van der Waals surface area contributed by atoms with Crippen LogP contribution in [0.1, 0.15) is 19.3 Å². The molecule has 1 atom stereocenters. The van der Waals surface area contributed by atoms with E-state index in [1.807, 2.05) is 24.5 Å². The van der Waals surface area contributed by atoms with Gasteiger partial charge in [-0.15, -0.1) is 0 Å². The summed E-state index contributed by atoms with van der Waals surface area (Å²) in [6, 6.07) is 21.5. The highest BCUT2D eigenvalue weighted by Crippen LogP contribution is 2.33. The lowest BCUT2D eigenvalue weighted by molar-refractivity contribution is 0.156. The van der Waals surface area contributed by atoms with Crippen molar-refractivity contribution in [2.45, 2.75) is 25.4 Å². The first-order valence-electron chi connectivity index (χ1n) is 11.8. The molecule has 5 heteroatoms. The molecule has 2 aromatic heterocycles. The second-order valence-corrected chi connectivity index (χ2v) is 8.90. The molecule has 2 aromatic carbocycles. The number of hydrogen-bond acceptors (Lipinski definition) is 5. The summed E-state index contributed by atoms with van der Waals surface area (Å²) < 4.78 is 0. The molecule has 6 rings (SSSR count). The van der Waals surface area contributed by atoms with Crippen molar-refractivity contribution >= 4 is 33.2 Å². The minimum atomic E-state index is 0.448. The molecular formula is C27H29N5. The summed E-state index contributed by atoms with van der Waals surface area (Å²) in [6.45, 7) is 5.32. The molecule has 2 fully saturated rings. The maximum Gasteiger partial charge on any atom is 0.0935 e. The molecule has 0 saturated carbocycles. The Morgan fingerprint density at radius 2 is 1.25 bits per heavy atom. The van der Waals surface area contributed by atoms with Gasteiger partial charge in [-0.25, -0.2) is 0 Å². The van der Waals surface area contributed by atoms with Crippen LogP contribution in [0.4, 0.5) is 11.4 Å². The van der Waals surface area contributed by atoms with E-state index in [1.54, 1.807) is 0 Å². The molecule has 32 heavy (non-hydrogen) atoms. The van der Waals surface area contributed by atoms with Crippen molar-refractivity contribution < 1.29 is 0 Å². The Hall–Kier alpha value is -3.18. The molecule has 2 aliphatic rings. The number of benzene rings is 2. The summed E-state index contributed by atoms with van der Waals surface area (Å²) >= 11 is 0. The second-order valence-electron chi connectivity index (χ2n) is 8.90. The monoisotopic (exact) mass is 423 g/mol. The van der Waals surface area contributed by atoms with Crippen LogP contribution in [-0.4, -0.2) is 53.8 Å². The first-order valence-corrected chi connectivity index (χ1v) is 11.8. The van der Waals surface area contributed by atoms with Crippen LogP contribution in [0.2, 0.25) is 0 Å². The van der Waals surface area contributed by atoms with E-state index in [0.717, 1.165) is 43.8 Å². The lowest BCUT2D eigenvalue weighted by Crippen LogP contribution is -2.57. The van der Waals surface area contributed by atoms with Gasteiger partial charge in [0, 0.05) is 55.9 Å². The molecule has 0 aliphatic carbocycles. The highest BCUT2D eigenvalue weighted by molar-refractivity contribution is 5.91. The third kappa shape index (κ3) is 3.47. The molecule has 2 saturated heterocycles. The SMILES string of the molecule is c1cnc2c(N3CCN(C4CCCCN4c4cccc5cccnc45)CC3)cccc2c1. The van der Waals surface area contributed by atoms with Crippen LogP contribution >= 0.6 is 0 Å². The Morgan fingerprint density at radius 1 is 0.625 bits per heavy atom. The zero-order chi connectivity index (χ0) is 21.3. The fourth-order valence-corrected chi connectivity index (χ4v) is 5.50. The van der Waals surface area contributed by atoms with Gasteiger partial charge in [-0.3, -0.25) is 14.9 Å². The summed E-state index contributed by atoms with van der Waals surface area (Å²) in [7, 11) is 0. The van der Waals surface area contributed by atoms with Crippen molar-refractivity contribution in [1.29, 1.82) is 0 Å². The number of anilines is 2. The predicted molar refractivity (Wildman–Crippen MR) is 132 cm³/mol. The minimum Gasteiger partial charge on any atom is -0.367 e. The Balaban J connectivity index is 1.24. The molecule has 1 unspecified atom stereocenters. The number of piperidine rings is 1. The first-order chi connectivity index (χ1) is 15.9. The average Bonchev–Trinajstić information content (AvgIpc) is 2.88. The summed E-state index contributed by atoms with van der Waals surface area (Å²) in [5.74, 6) is 0. The Morgan fingerprint density at radius 3 is 1.97 bits per heavy atom. The normalized spacial score (nSPS) is 20.2. The molecule has 2 aliphatic heterocycles. The van der Waals surface area contributed by atoms with E-state index in [1.165, 1.54) is 41.4 Å². The van der Waals surface area contributed by atoms with Crippen LogP contribution in [-0.2, 0) is 0 Å². The van der Waals surface area contributed by atoms with Crippen molar-refractivity contribution in [3.63, 3.8) is 0 Å². The van der Waals surface area contributed by atoms with Gasteiger partial charge in [-0.1, -0.05) is 36.4 Å². The third-order valence-corrected chi connectivity index (χ3v) is 7.08. The van der Waals surface area contributed by atoms with E-state index >= 15 is 0 Å². The van der Waals surface area contributed by atoms with E-state index in [9.17, 15) is 0 Å². The zero-order valence-corrected chi connectivity index (χ0v) is 18.4. The Labute approximate surface area is 189 Å². The van der Waals surface area contributed by atoms with E-state index in [0.29, 0.717) is 6.17 Å². The van der Waals surface area contributed by atoms with Crippen molar-refractivity contribution in [3.8, 4) is 0 Å². The highest BCUT2D eigenvalue weighted by atomic mass is 15.4. The van der Waals surface area contributed by atoms with Crippen LogP contribution in [0, 0.1) is 0 Å². The van der Waals surface area contributed by atoms with Crippen molar-refractivity contribution in [2.75, 3.05) is 42.5 Å². The van der Waals surface area contributed by atoms with E-state index < -0.39 is 0 Å². The van der Waals surface area contributed by atoms with Gasteiger partial charge in [0.2, 0.25) is 0 Å². The molecule has 4 aromatic rings. The average molecular weight is 424 g/mol. The number of fused-ring (bicyclic) bond motifs is 2. The Bertz CT molecular complexity index is 1220. The van der Waals surface area contributed by atoms with Crippen LogP contribution in [0.15, 0.2) is 73.1 Å². The molecule has 0 radical (unpaired) electrons. The van der Waals surface area contributed by atoms with Crippen molar-refractivity contribution in [2.24, 2.45) is 0 Å². The number of para-hydroxylation sites is 2. The van der Waals surface area contributed by atoms with E-state index in [4.69, 9.17) is 4.98 Å². The maximum absolute atomic E-state index is 4.74. The van der Waals surface area contributed by atoms with Gasteiger partial charge < -0.3 is 9.80 Å². The smallest absolute Gasteiger partial charge is 0.0935 e. The highest BCUT2D eigenvalue weighted by Gasteiger charge is 2.31. The number of rotatable bonds is 3. The quantitative estimate of drug-likeness (QED) is 0.467. The molecule has 4 heterocycles. The minimum absolute atomic E-state index is 0.448. The Kier molecular flexibility index (Phi) is 5.12. The fraction of sp³-hybridized carbons (Fsp3) is 0.333. The lowest BCUT2D eigenvalue weighted by Gasteiger charge is -2.47. The van der Waals surface area contributed by atoms with Crippen LogP contribution in [0.3, 0.4) is 0 Å². The fourth-order valence-electron chi connectivity index (χ4n) is 5.50. The van der Waals surface area contributed by atoms with Gasteiger partial charge in [0.05, 0.1) is 28.6 Å². The summed E-state index contributed by atoms with van der Waals surface area (Å²) in [5, 5.41) is 2.44. The molecule has 0 N–H and O–H groups in total. The molecule has 0 bridgehead atoms. The molecule has 0 amide bonds. The van der Waals surface area contributed by atoms with Crippen LogP contribution in [0.5, 0.6) is 0 Å².